The summed E-state index contributed by atoms with van der Waals surface area (Å²) in [4.78, 5) is 22.7. The Morgan fingerprint density at radius 2 is 0.981 bits per heavy atom. The molecule has 0 aromatic heterocycles. The van der Waals surface area contributed by atoms with Gasteiger partial charge >= 0.3 is 7.82 Å². The molecule has 3 atom stereocenters. The van der Waals surface area contributed by atoms with E-state index in [9.17, 15) is 19.4 Å². The Morgan fingerprint density at radius 3 is 1.42 bits per heavy atom. The number of rotatable bonds is 43. The van der Waals surface area contributed by atoms with Crippen LogP contribution in [-0.4, -0.2) is 47.8 Å². The summed E-state index contributed by atoms with van der Waals surface area (Å²) in [5.74, 6) is -0.168. The zero-order chi connectivity index (χ0) is 38.9. The zero-order valence-corrected chi connectivity index (χ0v) is 35.9. The van der Waals surface area contributed by atoms with Crippen LogP contribution in [0.5, 0.6) is 0 Å². The molecule has 0 spiro atoms. The lowest BCUT2D eigenvalue weighted by Gasteiger charge is -2.25. The van der Waals surface area contributed by atoms with Gasteiger partial charge in [0.05, 0.1) is 25.4 Å². The smallest absolute Gasteiger partial charge is 0.391 e. The van der Waals surface area contributed by atoms with Crippen molar-refractivity contribution in [3.8, 4) is 0 Å². The molecule has 1 amide bonds. The number of hydrogen-bond acceptors (Lipinski definition) is 6. The molecule has 0 radical (unpaired) electrons. The number of carbonyl (C=O) groups excluding carboxylic acids is 1. The number of hydrogen-bond donors (Lipinski definition) is 4. The molecular formula is C44H89N2O6P. The van der Waals surface area contributed by atoms with E-state index >= 15 is 0 Å². The Labute approximate surface area is 328 Å². The van der Waals surface area contributed by atoms with Crippen molar-refractivity contribution >= 4 is 13.7 Å². The van der Waals surface area contributed by atoms with Crippen LogP contribution in [0.2, 0.25) is 0 Å². The fourth-order valence-electron chi connectivity index (χ4n) is 6.90. The van der Waals surface area contributed by atoms with E-state index in [1.807, 2.05) is 0 Å². The van der Waals surface area contributed by atoms with E-state index in [1.54, 1.807) is 0 Å². The standard InChI is InChI=1S/C44H89N2O6P/c1-3-5-7-9-11-13-15-17-18-19-20-21-22-23-24-26-27-29-31-33-35-37-43(47)42(41-52-53(49,50)51-40-39-45)46-44(48)38-36-34-32-30-28-25-16-14-12-10-8-6-4-2/h14,16,42-43,47H,3-13,15,17-41,45H2,1-2H3,(H,46,48)(H,49,50)/b16-14-. The Kier molecular flexibility index (Phi) is 40.3. The van der Waals surface area contributed by atoms with Gasteiger partial charge in [-0.3, -0.25) is 13.8 Å². The molecule has 53 heavy (non-hydrogen) atoms. The van der Waals surface area contributed by atoms with Crippen molar-refractivity contribution in [1.82, 2.24) is 5.32 Å². The maximum Gasteiger partial charge on any atom is 0.472 e. The summed E-state index contributed by atoms with van der Waals surface area (Å²) < 4.78 is 22.2. The molecule has 5 N–H and O–H groups in total. The number of aliphatic hydroxyl groups excluding tert-OH is 1. The van der Waals surface area contributed by atoms with Gasteiger partial charge < -0.3 is 21.1 Å². The summed E-state index contributed by atoms with van der Waals surface area (Å²) in [6, 6.07) is -0.775. The molecule has 0 bridgehead atoms. The van der Waals surface area contributed by atoms with E-state index < -0.39 is 20.0 Å². The second-order valence-corrected chi connectivity index (χ2v) is 17.1. The van der Waals surface area contributed by atoms with E-state index in [-0.39, 0.29) is 25.7 Å². The lowest BCUT2D eigenvalue weighted by atomic mass is 10.0. The van der Waals surface area contributed by atoms with Gasteiger partial charge in [0.25, 0.3) is 0 Å². The first-order valence-corrected chi connectivity index (χ1v) is 24.3. The molecule has 0 aliphatic carbocycles. The Morgan fingerprint density at radius 1 is 0.604 bits per heavy atom. The maximum absolute atomic E-state index is 12.8. The van der Waals surface area contributed by atoms with Crippen LogP contribution < -0.4 is 11.1 Å². The average Bonchev–Trinajstić information content (AvgIpc) is 3.14. The van der Waals surface area contributed by atoms with E-state index in [1.165, 1.54) is 154 Å². The highest BCUT2D eigenvalue weighted by atomic mass is 31.2. The highest BCUT2D eigenvalue weighted by Gasteiger charge is 2.27. The molecule has 0 aliphatic rings. The van der Waals surface area contributed by atoms with Crippen LogP contribution in [0.1, 0.15) is 232 Å². The third-order valence-electron chi connectivity index (χ3n) is 10.4. The van der Waals surface area contributed by atoms with Crippen LogP contribution in [0.25, 0.3) is 0 Å². The van der Waals surface area contributed by atoms with Crippen LogP contribution in [0, 0.1) is 0 Å². The molecule has 9 heteroatoms. The van der Waals surface area contributed by atoms with Crippen molar-refractivity contribution in [3.63, 3.8) is 0 Å². The Balaban J connectivity index is 4.07. The van der Waals surface area contributed by atoms with Crippen LogP contribution in [0.4, 0.5) is 0 Å². The van der Waals surface area contributed by atoms with Gasteiger partial charge in [0.2, 0.25) is 5.91 Å². The van der Waals surface area contributed by atoms with Crippen LogP contribution in [-0.2, 0) is 18.4 Å². The third-order valence-corrected chi connectivity index (χ3v) is 11.4. The van der Waals surface area contributed by atoms with Crippen molar-refractivity contribution in [1.29, 1.82) is 0 Å². The predicted molar refractivity (Wildman–Crippen MR) is 226 cm³/mol. The van der Waals surface area contributed by atoms with Crippen LogP contribution in [0.3, 0.4) is 0 Å². The predicted octanol–water partition coefficient (Wildman–Crippen LogP) is 12.8. The van der Waals surface area contributed by atoms with Gasteiger partial charge in [-0.15, -0.1) is 0 Å². The summed E-state index contributed by atoms with van der Waals surface area (Å²) in [7, 11) is -4.31. The maximum atomic E-state index is 12.8. The van der Waals surface area contributed by atoms with Crippen LogP contribution in [0.15, 0.2) is 12.2 Å². The molecule has 0 saturated heterocycles. The van der Waals surface area contributed by atoms with Gasteiger partial charge in [0.1, 0.15) is 0 Å². The van der Waals surface area contributed by atoms with E-state index in [0.717, 1.165) is 51.4 Å². The number of phosphoric acid groups is 1. The molecule has 316 valence electrons. The first-order valence-electron chi connectivity index (χ1n) is 22.8. The lowest BCUT2D eigenvalue weighted by molar-refractivity contribution is -0.123. The number of phosphoric ester groups is 1. The van der Waals surface area contributed by atoms with Gasteiger partial charge in [0, 0.05) is 13.0 Å². The van der Waals surface area contributed by atoms with Gasteiger partial charge in [-0.1, -0.05) is 199 Å². The molecule has 0 heterocycles. The van der Waals surface area contributed by atoms with Crippen molar-refractivity contribution in [2.45, 2.75) is 244 Å². The molecule has 0 saturated carbocycles. The van der Waals surface area contributed by atoms with Crippen molar-refractivity contribution < 1.29 is 28.4 Å². The third kappa shape index (κ3) is 39.3. The Bertz CT molecular complexity index is 845. The number of nitrogens with one attached hydrogen (secondary N) is 1. The van der Waals surface area contributed by atoms with Crippen LogP contribution >= 0.6 is 7.82 Å². The molecule has 8 nitrogen and oxygen atoms in total. The number of unbranched alkanes of at least 4 members (excludes halogenated alkanes) is 29. The number of carbonyl (C=O) groups is 1. The normalized spacial score (nSPS) is 14.1. The molecule has 0 rings (SSSR count). The van der Waals surface area contributed by atoms with Crippen molar-refractivity contribution in [3.05, 3.63) is 12.2 Å². The summed E-state index contributed by atoms with van der Waals surface area (Å²) in [6.07, 6.45) is 45.1. The number of allylic oxidation sites excluding steroid dienone is 2. The van der Waals surface area contributed by atoms with Gasteiger partial charge in [0.15, 0.2) is 0 Å². The number of aliphatic hydroxyl groups is 1. The molecular weight excluding hydrogens is 683 g/mol. The quantitative estimate of drug-likeness (QED) is 0.0276. The molecule has 0 aromatic carbocycles. The van der Waals surface area contributed by atoms with E-state index in [4.69, 9.17) is 14.8 Å². The molecule has 0 aromatic rings. The van der Waals surface area contributed by atoms with E-state index in [0.29, 0.717) is 12.8 Å². The van der Waals surface area contributed by atoms with Gasteiger partial charge in [-0.2, -0.15) is 0 Å². The monoisotopic (exact) mass is 773 g/mol. The number of amides is 1. The van der Waals surface area contributed by atoms with Crippen molar-refractivity contribution in [2.75, 3.05) is 19.8 Å². The second-order valence-electron chi connectivity index (χ2n) is 15.6. The molecule has 0 aliphatic heterocycles. The first kappa shape index (κ1) is 52.2. The minimum Gasteiger partial charge on any atom is -0.391 e. The second kappa shape index (κ2) is 40.9. The zero-order valence-electron chi connectivity index (χ0n) is 35.0. The largest absolute Gasteiger partial charge is 0.472 e. The van der Waals surface area contributed by atoms with Gasteiger partial charge in [-0.25, -0.2) is 4.57 Å². The highest BCUT2D eigenvalue weighted by molar-refractivity contribution is 7.47. The average molecular weight is 773 g/mol. The minimum absolute atomic E-state index is 0.0893. The Hall–Kier alpha value is -0.760. The highest BCUT2D eigenvalue weighted by Crippen LogP contribution is 2.43. The fraction of sp³-hybridized carbons (Fsp3) is 0.932. The van der Waals surface area contributed by atoms with E-state index in [2.05, 4.69) is 31.3 Å². The topological polar surface area (TPSA) is 131 Å². The first-order chi connectivity index (χ1) is 25.9. The molecule has 3 unspecified atom stereocenters. The minimum atomic E-state index is -4.31. The summed E-state index contributed by atoms with van der Waals surface area (Å²) in [5.41, 5.74) is 5.38. The van der Waals surface area contributed by atoms with Crippen molar-refractivity contribution in [2.24, 2.45) is 5.73 Å². The summed E-state index contributed by atoms with van der Waals surface area (Å²) >= 11 is 0. The fourth-order valence-corrected chi connectivity index (χ4v) is 7.66. The summed E-state index contributed by atoms with van der Waals surface area (Å²) in [6.45, 7) is 4.21. The number of nitrogens with two attached hydrogens (primary N) is 1. The SMILES string of the molecule is CCCCCC/C=C\CCCCCCCC(=O)NC(COP(=O)(O)OCCN)C(O)CCCCCCCCCCCCCCCCCCCCCCC. The molecule has 0 fully saturated rings. The lowest BCUT2D eigenvalue weighted by Crippen LogP contribution is -2.46. The van der Waals surface area contributed by atoms with Gasteiger partial charge in [-0.05, 0) is 38.5 Å². The summed E-state index contributed by atoms with van der Waals surface area (Å²) in [5, 5.41) is 13.8.